The van der Waals surface area contributed by atoms with Crippen LogP contribution in [0, 0.1) is 29.3 Å². The number of fused-ring (bicyclic) bond motifs is 3. The smallest absolute Gasteiger partial charge is 0.279 e. The van der Waals surface area contributed by atoms with E-state index >= 15 is 0 Å². The molecule has 0 unspecified atom stereocenters. The van der Waals surface area contributed by atoms with Gasteiger partial charge < -0.3 is 14.5 Å². The average Bonchev–Trinajstić information content (AvgIpc) is 3.50. The molecule has 10 heteroatoms. The lowest BCUT2D eigenvalue weighted by Gasteiger charge is -2.22. The van der Waals surface area contributed by atoms with E-state index in [1.165, 1.54) is 12.4 Å². The first kappa shape index (κ1) is 18.4. The molecule has 0 saturated heterocycles. The number of nitriles is 1. The monoisotopic (exact) mass is 408 g/mol. The zero-order valence-corrected chi connectivity index (χ0v) is 16.3. The molecule has 0 aliphatic heterocycles. The lowest BCUT2D eigenvalue weighted by atomic mass is 10.0. The van der Waals surface area contributed by atoms with Crippen molar-refractivity contribution in [1.29, 1.82) is 5.26 Å². The van der Waals surface area contributed by atoms with Gasteiger partial charge in [0.15, 0.2) is 11.3 Å². The van der Waals surface area contributed by atoms with Crippen LogP contribution in [0.1, 0.15) is 42.8 Å². The minimum Gasteiger partial charge on any atom is -0.618 e. The van der Waals surface area contributed by atoms with Gasteiger partial charge in [0.1, 0.15) is 34.8 Å². The minimum absolute atomic E-state index is 0.0537. The third-order valence-corrected chi connectivity index (χ3v) is 5.93. The predicted octanol–water partition coefficient (Wildman–Crippen LogP) is 2.91. The summed E-state index contributed by atoms with van der Waals surface area (Å²) in [6.07, 6.45) is 5.14. The molecular weight excluding hydrogens is 391 g/mol. The number of aryl methyl sites for hydroxylation is 1. The van der Waals surface area contributed by atoms with Crippen molar-refractivity contribution in [2.45, 2.75) is 38.2 Å². The molecule has 30 heavy (non-hydrogen) atoms. The Morgan fingerprint density at radius 1 is 1.37 bits per heavy atom. The van der Waals surface area contributed by atoms with Crippen LogP contribution in [0.5, 0.6) is 0 Å². The number of ether oxygens (including phenoxy) is 1. The first-order valence-electron chi connectivity index (χ1n) is 9.52. The largest absolute Gasteiger partial charge is 0.618 e. The minimum atomic E-state index is -0.753. The van der Waals surface area contributed by atoms with Gasteiger partial charge in [-0.25, -0.2) is 9.37 Å². The Morgan fingerprint density at radius 2 is 2.13 bits per heavy atom. The maximum atomic E-state index is 14.1. The number of hydrogen-bond acceptors (Lipinski definition) is 7. The number of imidazole rings is 1. The highest BCUT2D eigenvalue weighted by Crippen LogP contribution is 2.41. The van der Waals surface area contributed by atoms with E-state index in [1.54, 1.807) is 24.5 Å². The summed E-state index contributed by atoms with van der Waals surface area (Å²) >= 11 is 0. The third kappa shape index (κ3) is 2.35. The molecule has 1 aliphatic carbocycles. The van der Waals surface area contributed by atoms with Gasteiger partial charge in [0.05, 0.1) is 0 Å². The lowest BCUT2D eigenvalue weighted by molar-refractivity contribution is -0.583. The van der Waals surface area contributed by atoms with Crippen LogP contribution >= 0.6 is 0 Å². The zero-order valence-electron chi connectivity index (χ0n) is 16.3. The van der Waals surface area contributed by atoms with Crippen molar-refractivity contribution >= 4 is 16.6 Å². The van der Waals surface area contributed by atoms with Crippen molar-refractivity contribution in [3.8, 4) is 17.7 Å². The predicted molar refractivity (Wildman–Crippen MR) is 102 cm³/mol. The summed E-state index contributed by atoms with van der Waals surface area (Å²) in [5, 5.41) is 26.4. The highest BCUT2D eigenvalue weighted by atomic mass is 19.1. The fourth-order valence-corrected chi connectivity index (χ4v) is 4.33. The van der Waals surface area contributed by atoms with Crippen molar-refractivity contribution in [2.75, 3.05) is 7.11 Å². The molecular formula is C20H17FN6O3. The molecule has 3 heterocycles. The number of nitrogens with zero attached hydrogens (tertiary/aromatic N) is 6. The molecule has 0 spiro atoms. The van der Waals surface area contributed by atoms with Crippen LogP contribution in [-0.2, 0) is 10.3 Å². The topological polar surface area (TPSA) is 116 Å². The summed E-state index contributed by atoms with van der Waals surface area (Å²) in [5.74, 6) is -0.126. The Morgan fingerprint density at radius 3 is 2.83 bits per heavy atom. The molecule has 1 fully saturated rings. The Labute approximate surface area is 169 Å². The van der Waals surface area contributed by atoms with Crippen LogP contribution in [0.4, 0.5) is 4.39 Å². The van der Waals surface area contributed by atoms with Crippen molar-refractivity contribution in [3.05, 3.63) is 46.6 Å². The van der Waals surface area contributed by atoms with Gasteiger partial charge in [-0.3, -0.25) is 4.40 Å². The molecule has 1 saturated carbocycles. The fourth-order valence-electron chi connectivity index (χ4n) is 4.33. The van der Waals surface area contributed by atoms with Gasteiger partial charge in [-0.1, -0.05) is 5.16 Å². The van der Waals surface area contributed by atoms with Crippen molar-refractivity contribution in [2.24, 2.45) is 0 Å². The molecule has 5 rings (SSSR count). The van der Waals surface area contributed by atoms with Crippen molar-refractivity contribution in [1.82, 2.24) is 19.5 Å². The second kappa shape index (κ2) is 6.47. The van der Waals surface area contributed by atoms with E-state index in [0.29, 0.717) is 27.3 Å². The SMILES string of the molecule is COC1(c2noc(-c3ncn4c3c(C)[n+]([O-])c3c(C#N)c(F)ccc34)n2)CCCC1. The van der Waals surface area contributed by atoms with Gasteiger partial charge in [-0.15, -0.1) is 0 Å². The zero-order chi connectivity index (χ0) is 21.0. The van der Waals surface area contributed by atoms with Crippen LogP contribution in [0.15, 0.2) is 23.0 Å². The molecule has 9 nitrogen and oxygen atoms in total. The fraction of sp³-hybridized carbons (Fsp3) is 0.350. The molecule has 0 N–H and O–H groups in total. The van der Waals surface area contributed by atoms with Gasteiger partial charge >= 0.3 is 0 Å². The molecule has 0 radical (unpaired) electrons. The van der Waals surface area contributed by atoms with E-state index in [0.717, 1.165) is 31.7 Å². The Kier molecular flexibility index (Phi) is 3.98. The lowest BCUT2D eigenvalue weighted by Crippen LogP contribution is -2.33. The molecule has 152 valence electrons. The number of halogens is 1. The van der Waals surface area contributed by atoms with E-state index in [-0.39, 0.29) is 22.7 Å². The molecule has 4 aromatic rings. The van der Waals surface area contributed by atoms with E-state index in [4.69, 9.17) is 9.26 Å². The highest BCUT2D eigenvalue weighted by Gasteiger charge is 2.40. The summed E-state index contributed by atoms with van der Waals surface area (Å²) in [4.78, 5) is 8.91. The molecule has 0 amide bonds. The van der Waals surface area contributed by atoms with E-state index in [9.17, 15) is 14.9 Å². The standard InChI is InChI=1S/C20H17FN6O3/c1-11-16-15(18-24-19(25-30-18)20(29-2)7-3-4-8-20)23-10-26(16)14-6-5-13(21)12(9-22)17(14)27(11)28/h5-6,10H,3-4,7-8H2,1-2H3. The van der Waals surface area contributed by atoms with E-state index in [1.807, 2.05) is 0 Å². The Balaban J connectivity index is 1.74. The maximum Gasteiger partial charge on any atom is 0.279 e. The Hall–Kier alpha value is -3.58. The molecule has 1 aliphatic rings. The number of hydrogen-bond donors (Lipinski definition) is 0. The summed E-state index contributed by atoms with van der Waals surface area (Å²) in [7, 11) is 1.63. The van der Waals surface area contributed by atoms with Crippen molar-refractivity contribution < 1.29 is 18.4 Å². The Bertz CT molecular complexity index is 1350. The third-order valence-electron chi connectivity index (χ3n) is 5.93. The van der Waals surface area contributed by atoms with Gasteiger partial charge in [0, 0.05) is 14.0 Å². The summed E-state index contributed by atoms with van der Waals surface area (Å²) in [6, 6.07) is 4.37. The molecule has 0 bridgehead atoms. The molecule has 3 aromatic heterocycles. The van der Waals surface area contributed by atoms with Crippen LogP contribution in [0.2, 0.25) is 0 Å². The number of rotatable bonds is 3. The highest BCUT2D eigenvalue weighted by molar-refractivity contribution is 5.85. The number of benzene rings is 1. The first-order valence-corrected chi connectivity index (χ1v) is 9.52. The van der Waals surface area contributed by atoms with Crippen LogP contribution in [-0.4, -0.2) is 26.6 Å². The molecule has 1 aromatic carbocycles. The van der Waals surface area contributed by atoms with Crippen LogP contribution in [0.3, 0.4) is 0 Å². The van der Waals surface area contributed by atoms with Crippen LogP contribution < -0.4 is 4.73 Å². The summed E-state index contributed by atoms with van der Waals surface area (Å²) in [5.41, 5.74) is 0.431. The normalized spacial score (nSPS) is 15.8. The van der Waals surface area contributed by atoms with Gasteiger partial charge in [-0.2, -0.15) is 15.0 Å². The second-order valence-corrected chi connectivity index (χ2v) is 7.42. The molecule has 0 atom stereocenters. The van der Waals surface area contributed by atoms with Gasteiger partial charge in [-0.05, 0) is 37.8 Å². The van der Waals surface area contributed by atoms with Crippen molar-refractivity contribution in [3.63, 3.8) is 0 Å². The maximum absolute atomic E-state index is 14.1. The van der Waals surface area contributed by atoms with Gasteiger partial charge in [0.2, 0.25) is 11.5 Å². The number of aromatic nitrogens is 5. The van der Waals surface area contributed by atoms with E-state index < -0.39 is 11.4 Å². The quantitative estimate of drug-likeness (QED) is 0.378. The average molecular weight is 408 g/mol. The van der Waals surface area contributed by atoms with Gasteiger partial charge in [0.25, 0.3) is 11.4 Å². The summed E-state index contributed by atoms with van der Waals surface area (Å²) in [6.45, 7) is 1.57. The number of methoxy groups -OCH3 is 1. The summed E-state index contributed by atoms with van der Waals surface area (Å²) < 4.78 is 27.4. The van der Waals surface area contributed by atoms with E-state index in [2.05, 4.69) is 15.1 Å². The second-order valence-electron chi connectivity index (χ2n) is 7.42. The van der Waals surface area contributed by atoms with Crippen LogP contribution in [0.25, 0.3) is 28.1 Å². The first-order chi connectivity index (χ1) is 14.5.